The van der Waals surface area contributed by atoms with E-state index in [1.807, 2.05) is 26.0 Å². The Morgan fingerprint density at radius 1 is 1.38 bits per heavy atom. The van der Waals surface area contributed by atoms with Gasteiger partial charge in [-0.15, -0.1) is 0 Å². The minimum absolute atomic E-state index is 0.375. The van der Waals surface area contributed by atoms with Gasteiger partial charge in [-0.2, -0.15) is 0 Å². The van der Waals surface area contributed by atoms with Gasteiger partial charge < -0.3 is 9.47 Å². The molecule has 16 heavy (non-hydrogen) atoms. The quantitative estimate of drug-likeness (QED) is 0.578. The summed E-state index contributed by atoms with van der Waals surface area (Å²) in [6, 6.07) is 5.50. The molecule has 0 heterocycles. The Hall–Kier alpha value is -1.77. The highest BCUT2D eigenvalue weighted by atomic mass is 16.5. The summed E-state index contributed by atoms with van der Waals surface area (Å²) in [4.78, 5) is 11.6. The molecule has 0 N–H and O–H groups in total. The van der Waals surface area contributed by atoms with Crippen molar-refractivity contribution in [1.82, 2.24) is 0 Å². The van der Waals surface area contributed by atoms with Crippen LogP contribution in [0.25, 0.3) is 5.76 Å². The molecule has 0 saturated carbocycles. The van der Waals surface area contributed by atoms with Crippen molar-refractivity contribution in [2.75, 3.05) is 13.7 Å². The molecule has 1 rings (SSSR count). The van der Waals surface area contributed by atoms with Gasteiger partial charge in [0.05, 0.1) is 19.3 Å². The minimum Gasteiger partial charge on any atom is -0.494 e. The molecule has 0 aliphatic rings. The van der Waals surface area contributed by atoms with Crippen LogP contribution in [0.4, 0.5) is 0 Å². The van der Waals surface area contributed by atoms with Gasteiger partial charge in [0, 0.05) is 5.56 Å². The zero-order chi connectivity index (χ0) is 12.1. The molecule has 0 spiro atoms. The molecule has 1 aromatic carbocycles. The predicted molar refractivity (Wildman–Crippen MR) is 63.2 cm³/mol. The smallest absolute Gasteiger partial charge is 0.338 e. The van der Waals surface area contributed by atoms with Crippen molar-refractivity contribution in [2.24, 2.45) is 0 Å². The van der Waals surface area contributed by atoms with Crippen molar-refractivity contribution in [3.63, 3.8) is 0 Å². The molecule has 3 heteroatoms. The number of carbonyl (C=O) groups excluding carboxylic acids is 1. The standard InChI is InChI=1S/C13H16O3/c1-5-16-10(3)11-7-6-9(2)8-12(11)13(14)15-4/h6-8H,3,5H2,1-2,4H3. The third kappa shape index (κ3) is 2.63. The van der Waals surface area contributed by atoms with Crippen LogP contribution < -0.4 is 0 Å². The molecular formula is C13H16O3. The molecule has 0 fully saturated rings. The summed E-state index contributed by atoms with van der Waals surface area (Å²) in [6.07, 6.45) is 0. The molecule has 3 nitrogen and oxygen atoms in total. The third-order valence-electron chi connectivity index (χ3n) is 2.20. The van der Waals surface area contributed by atoms with E-state index in [9.17, 15) is 4.79 Å². The number of benzene rings is 1. The Morgan fingerprint density at radius 2 is 2.06 bits per heavy atom. The molecular weight excluding hydrogens is 204 g/mol. The van der Waals surface area contributed by atoms with Crippen LogP contribution in [-0.2, 0) is 9.47 Å². The van der Waals surface area contributed by atoms with Crippen LogP contribution in [0.2, 0.25) is 0 Å². The van der Waals surface area contributed by atoms with E-state index in [1.54, 1.807) is 6.07 Å². The van der Waals surface area contributed by atoms with Crippen molar-refractivity contribution in [3.05, 3.63) is 41.5 Å². The Morgan fingerprint density at radius 3 is 2.62 bits per heavy atom. The summed E-state index contributed by atoms with van der Waals surface area (Å²) in [7, 11) is 1.36. The molecule has 0 unspecified atom stereocenters. The van der Waals surface area contributed by atoms with E-state index in [1.165, 1.54) is 7.11 Å². The monoisotopic (exact) mass is 220 g/mol. The largest absolute Gasteiger partial charge is 0.494 e. The van der Waals surface area contributed by atoms with E-state index in [0.29, 0.717) is 23.5 Å². The number of carbonyl (C=O) groups is 1. The van der Waals surface area contributed by atoms with E-state index < -0.39 is 0 Å². The first kappa shape index (κ1) is 12.3. The number of rotatable bonds is 4. The second-order valence-corrected chi connectivity index (χ2v) is 3.40. The normalized spacial score (nSPS) is 9.69. The lowest BCUT2D eigenvalue weighted by molar-refractivity contribution is 0.0599. The van der Waals surface area contributed by atoms with E-state index in [-0.39, 0.29) is 5.97 Å². The van der Waals surface area contributed by atoms with Crippen molar-refractivity contribution in [1.29, 1.82) is 0 Å². The van der Waals surface area contributed by atoms with Gasteiger partial charge in [-0.25, -0.2) is 4.79 Å². The van der Waals surface area contributed by atoms with Crippen LogP contribution in [0.5, 0.6) is 0 Å². The minimum atomic E-state index is -0.375. The fourth-order valence-corrected chi connectivity index (χ4v) is 1.43. The van der Waals surface area contributed by atoms with Crippen LogP contribution >= 0.6 is 0 Å². The average Bonchev–Trinajstić information content (AvgIpc) is 2.28. The molecule has 0 radical (unpaired) electrons. The maximum Gasteiger partial charge on any atom is 0.338 e. The Labute approximate surface area is 95.7 Å². The Balaban J connectivity index is 3.17. The molecule has 0 amide bonds. The molecule has 0 bridgehead atoms. The van der Waals surface area contributed by atoms with Crippen molar-refractivity contribution in [3.8, 4) is 0 Å². The van der Waals surface area contributed by atoms with E-state index in [2.05, 4.69) is 6.58 Å². The first-order valence-electron chi connectivity index (χ1n) is 5.11. The summed E-state index contributed by atoms with van der Waals surface area (Å²) < 4.78 is 10.0. The van der Waals surface area contributed by atoms with Crippen LogP contribution in [0.3, 0.4) is 0 Å². The third-order valence-corrected chi connectivity index (χ3v) is 2.20. The fourth-order valence-electron chi connectivity index (χ4n) is 1.43. The second kappa shape index (κ2) is 5.35. The van der Waals surface area contributed by atoms with Crippen LogP contribution in [-0.4, -0.2) is 19.7 Å². The van der Waals surface area contributed by atoms with E-state index in [0.717, 1.165) is 5.56 Å². The lowest BCUT2D eigenvalue weighted by atomic mass is 10.0. The van der Waals surface area contributed by atoms with Gasteiger partial charge in [-0.05, 0) is 19.9 Å². The summed E-state index contributed by atoms with van der Waals surface area (Å²) in [5, 5.41) is 0. The number of aryl methyl sites for hydroxylation is 1. The number of hydrogen-bond donors (Lipinski definition) is 0. The van der Waals surface area contributed by atoms with Crippen molar-refractivity contribution < 1.29 is 14.3 Å². The maximum absolute atomic E-state index is 11.6. The Kier molecular flexibility index (Phi) is 4.11. The summed E-state index contributed by atoms with van der Waals surface area (Å²) in [6.45, 7) is 8.10. The first-order valence-corrected chi connectivity index (χ1v) is 5.11. The zero-order valence-corrected chi connectivity index (χ0v) is 9.87. The summed E-state index contributed by atoms with van der Waals surface area (Å²) in [5.74, 6) is 0.113. The molecule has 0 atom stereocenters. The van der Waals surface area contributed by atoms with Gasteiger partial charge >= 0.3 is 5.97 Å². The highest BCUT2D eigenvalue weighted by molar-refractivity contribution is 5.94. The van der Waals surface area contributed by atoms with Crippen LogP contribution in [0, 0.1) is 6.92 Å². The number of hydrogen-bond acceptors (Lipinski definition) is 3. The van der Waals surface area contributed by atoms with Crippen molar-refractivity contribution >= 4 is 11.7 Å². The van der Waals surface area contributed by atoms with Crippen molar-refractivity contribution in [2.45, 2.75) is 13.8 Å². The lowest BCUT2D eigenvalue weighted by Crippen LogP contribution is -2.06. The molecule has 86 valence electrons. The van der Waals surface area contributed by atoms with Crippen LogP contribution in [0.1, 0.15) is 28.4 Å². The molecule has 1 aromatic rings. The summed E-state index contributed by atoms with van der Waals surface area (Å²) in [5.41, 5.74) is 2.16. The van der Waals surface area contributed by atoms with Gasteiger partial charge in [0.25, 0.3) is 0 Å². The Bertz CT molecular complexity index is 408. The lowest BCUT2D eigenvalue weighted by Gasteiger charge is -2.11. The molecule has 0 saturated heterocycles. The molecule has 0 aliphatic carbocycles. The molecule has 0 aromatic heterocycles. The average molecular weight is 220 g/mol. The van der Waals surface area contributed by atoms with Crippen LogP contribution in [0.15, 0.2) is 24.8 Å². The van der Waals surface area contributed by atoms with E-state index >= 15 is 0 Å². The van der Waals surface area contributed by atoms with Gasteiger partial charge in [-0.1, -0.05) is 24.3 Å². The maximum atomic E-state index is 11.6. The van der Waals surface area contributed by atoms with Gasteiger partial charge in [0.15, 0.2) is 0 Å². The second-order valence-electron chi connectivity index (χ2n) is 3.40. The summed E-state index contributed by atoms with van der Waals surface area (Å²) >= 11 is 0. The fraction of sp³-hybridized carbons (Fsp3) is 0.308. The van der Waals surface area contributed by atoms with E-state index in [4.69, 9.17) is 9.47 Å². The number of esters is 1. The predicted octanol–water partition coefficient (Wildman–Crippen LogP) is 2.79. The first-order chi connectivity index (χ1) is 7.60. The van der Waals surface area contributed by atoms with Gasteiger partial charge in [0.1, 0.15) is 5.76 Å². The SMILES string of the molecule is C=C(OCC)c1ccc(C)cc1C(=O)OC. The topological polar surface area (TPSA) is 35.5 Å². The van der Waals surface area contributed by atoms with Gasteiger partial charge in [0.2, 0.25) is 0 Å². The highest BCUT2D eigenvalue weighted by Gasteiger charge is 2.14. The zero-order valence-electron chi connectivity index (χ0n) is 9.87. The number of methoxy groups -OCH3 is 1. The van der Waals surface area contributed by atoms with Gasteiger partial charge in [-0.3, -0.25) is 0 Å². The molecule has 0 aliphatic heterocycles. The highest BCUT2D eigenvalue weighted by Crippen LogP contribution is 2.21. The number of ether oxygens (including phenoxy) is 2.